The second-order valence-electron chi connectivity index (χ2n) is 5.78. The molecule has 2 aromatic carbocycles. The summed E-state index contributed by atoms with van der Waals surface area (Å²) in [6.07, 6.45) is 0. The van der Waals surface area contributed by atoms with Gasteiger partial charge in [0.15, 0.2) is 0 Å². The molecule has 7 heteroatoms. The van der Waals surface area contributed by atoms with Crippen LogP contribution in [0.5, 0.6) is 5.75 Å². The number of para-hydroxylation sites is 1. The van der Waals surface area contributed by atoms with E-state index < -0.39 is 5.91 Å². The van der Waals surface area contributed by atoms with Gasteiger partial charge in [-0.05, 0) is 18.2 Å². The standard InChI is InChI=1S/C19H15N3O4/c1-22-18(23)8-7-13(21-22)19(24)20-14-10-16-12(9-17(14)25-2)11-5-3-4-6-15(11)26-16/h3-10H,1-2H3,(H,20,24). The molecule has 0 radical (unpaired) electrons. The lowest BCUT2D eigenvalue weighted by Gasteiger charge is -2.10. The van der Waals surface area contributed by atoms with Gasteiger partial charge in [-0.2, -0.15) is 5.10 Å². The van der Waals surface area contributed by atoms with Crippen molar-refractivity contribution in [3.8, 4) is 5.75 Å². The zero-order valence-electron chi connectivity index (χ0n) is 14.1. The van der Waals surface area contributed by atoms with Crippen molar-refractivity contribution in [1.82, 2.24) is 9.78 Å². The van der Waals surface area contributed by atoms with Crippen LogP contribution < -0.4 is 15.6 Å². The van der Waals surface area contributed by atoms with E-state index in [4.69, 9.17) is 9.15 Å². The number of ether oxygens (including phenoxy) is 1. The number of methoxy groups -OCH3 is 1. The fourth-order valence-corrected chi connectivity index (χ4v) is 2.83. The Balaban J connectivity index is 1.77. The number of nitrogens with one attached hydrogen (secondary N) is 1. The highest BCUT2D eigenvalue weighted by atomic mass is 16.5. The van der Waals surface area contributed by atoms with Gasteiger partial charge in [0, 0.05) is 30.0 Å². The van der Waals surface area contributed by atoms with Gasteiger partial charge in [0.2, 0.25) is 0 Å². The molecule has 2 aromatic heterocycles. The van der Waals surface area contributed by atoms with E-state index in [2.05, 4.69) is 10.4 Å². The second-order valence-corrected chi connectivity index (χ2v) is 5.78. The third-order valence-electron chi connectivity index (χ3n) is 4.14. The summed E-state index contributed by atoms with van der Waals surface area (Å²) in [5.74, 6) is 0.0524. The van der Waals surface area contributed by atoms with E-state index in [0.717, 1.165) is 21.0 Å². The van der Waals surface area contributed by atoms with Crippen molar-refractivity contribution in [2.24, 2.45) is 7.05 Å². The number of aryl methyl sites for hydroxylation is 1. The van der Waals surface area contributed by atoms with Gasteiger partial charge in [-0.15, -0.1) is 0 Å². The Labute approximate surface area is 147 Å². The molecule has 2 heterocycles. The number of furan rings is 1. The molecule has 26 heavy (non-hydrogen) atoms. The first-order valence-electron chi connectivity index (χ1n) is 7.92. The zero-order chi connectivity index (χ0) is 18.3. The molecule has 0 atom stereocenters. The second kappa shape index (κ2) is 6.03. The number of aromatic nitrogens is 2. The van der Waals surface area contributed by atoms with Crippen molar-refractivity contribution < 1.29 is 13.9 Å². The van der Waals surface area contributed by atoms with Crippen LogP contribution in [-0.2, 0) is 7.05 Å². The van der Waals surface area contributed by atoms with Crippen LogP contribution in [0, 0.1) is 0 Å². The number of nitrogens with zero attached hydrogens (tertiary/aromatic N) is 2. The number of rotatable bonds is 3. The van der Waals surface area contributed by atoms with Gasteiger partial charge in [-0.25, -0.2) is 4.68 Å². The van der Waals surface area contributed by atoms with Crippen LogP contribution in [-0.4, -0.2) is 22.8 Å². The predicted octanol–water partition coefficient (Wildman–Crippen LogP) is 2.94. The number of carbonyl (C=O) groups excluding carboxylic acids is 1. The van der Waals surface area contributed by atoms with Gasteiger partial charge in [0.05, 0.1) is 12.8 Å². The van der Waals surface area contributed by atoms with Crippen LogP contribution in [0.25, 0.3) is 21.9 Å². The third-order valence-corrected chi connectivity index (χ3v) is 4.14. The van der Waals surface area contributed by atoms with E-state index in [1.807, 2.05) is 30.3 Å². The molecule has 0 aliphatic rings. The number of amides is 1. The number of benzene rings is 2. The molecule has 0 fully saturated rings. The van der Waals surface area contributed by atoms with Crippen LogP contribution in [0.3, 0.4) is 0 Å². The van der Waals surface area contributed by atoms with Gasteiger partial charge in [-0.3, -0.25) is 9.59 Å². The summed E-state index contributed by atoms with van der Waals surface area (Å²) in [4.78, 5) is 23.9. The maximum Gasteiger partial charge on any atom is 0.276 e. The fraction of sp³-hybridized carbons (Fsp3) is 0.105. The van der Waals surface area contributed by atoms with E-state index in [1.165, 1.54) is 26.3 Å². The molecule has 0 aliphatic heterocycles. The number of fused-ring (bicyclic) bond motifs is 3. The Kier molecular flexibility index (Phi) is 3.69. The Hall–Kier alpha value is -3.61. The van der Waals surface area contributed by atoms with Crippen LogP contribution in [0.4, 0.5) is 5.69 Å². The molecule has 4 rings (SSSR count). The van der Waals surface area contributed by atoms with E-state index in [0.29, 0.717) is 17.0 Å². The molecule has 0 aliphatic carbocycles. The molecule has 1 amide bonds. The average Bonchev–Trinajstić information content (AvgIpc) is 3.00. The van der Waals surface area contributed by atoms with Crippen molar-refractivity contribution >= 4 is 33.5 Å². The van der Waals surface area contributed by atoms with Crippen molar-refractivity contribution in [2.75, 3.05) is 12.4 Å². The zero-order valence-corrected chi connectivity index (χ0v) is 14.1. The highest BCUT2D eigenvalue weighted by Crippen LogP contribution is 2.36. The number of hydrogen-bond acceptors (Lipinski definition) is 5. The maximum absolute atomic E-state index is 12.5. The minimum atomic E-state index is -0.450. The molecule has 0 saturated carbocycles. The van der Waals surface area contributed by atoms with Crippen molar-refractivity contribution in [1.29, 1.82) is 0 Å². The topological polar surface area (TPSA) is 86.4 Å². The molecule has 0 unspecified atom stereocenters. The minimum absolute atomic E-state index is 0.124. The number of carbonyl (C=O) groups is 1. The monoisotopic (exact) mass is 349 g/mol. The lowest BCUT2D eigenvalue weighted by molar-refractivity contribution is 0.101. The van der Waals surface area contributed by atoms with Gasteiger partial charge in [0.25, 0.3) is 11.5 Å². The van der Waals surface area contributed by atoms with Crippen LogP contribution in [0.2, 0.25) is 0 Å². The van der Waals surface area contributed by atoms with E-state index in [9.17, 15) is 9.59 Å². The summed E-state index contributed by atoms with van der Waals surface area (Å²) in [6, 6.07) is 13.9. The SMILES string of the molecule is COc1cc2c(cc1NC(=O)c1ccc(=O)n(C)n1)oc1ccccc12. The predicted molar refractivity (Wildman–Crippen MR) is 97.7 cm³/mol. The molecular formula is C19H15N3O4. The van der Waals surface area contributed by atoms with Gasteiger partial charge in [-0.1, -0.05) is 18.2 Å². The number of hydrogen-bond donors (Lipinski definition) is 1. The largest absolute Gasteiger partial charge is 0.495 e. The lowest BCUT2D eigenvalue weighted by atomic mass is 10.1. The fourth-order valence-electron chi connectivity index (χ4n) is 2.83. The average molecular weight is 349 g/mol. The Bertz CT molecular complexity index is 1210. The molecule has 130 valence electrons. The quantitative estimate of drug-likeness (QED) is 0.614. The van der Waals surface area contributed by atoms with Gasteiger partial charge < -0.3 is 14.5 Å². The molecule has 1 N–H and O–H groups in total. The highest BCUT2D eigenvalue weighted by Gasteiger charge is 2.16. The summed E-state index contributed by atoms with van der Waals surface area (Å²) >= 11 is 0. The summed E-state index contributed by atoms with van der Waals surface area (Å²) in [5, 5.41) is 8.58. The highest BCUT2D eigenvalue weighted by molar-refractivity contribution is 6.09. The van der Waals surface area contributed by atoms with Crippen molar-refractivity contribution in [3.05, 3.63) is 64.6 Å². The van der Waals surface area contributed by atoms with Crippen LogP contribution >= 0.6 is 0 Å². The summed E-state index contributed by atoms with van der Waals surface area (Å²) in [6.45, 7) is 0. The molecule has 0 bridgehead atoms. The van der Waals surface area contributed by atoms with Crippen molar-refractivity contribution in [3.63, 3.8) is 0 Å². The summed E-state index contributed by atoms with van der Waals surface area (Å²) in [7, 11) is 3.02. The third kappa shape index (κ3) is 2.59. The summed E-state index contributed by atoms with van der Waals surface area (Å²) in [5.41, 5.74) is 1.69. The van der Waals surface area contributed by atoms with Gasteiger partial charge >= 0.3 is 0 Å². The van der Waals surface area contributed by atoms with E-state index >= 15 is 0 Å². The van der Waals surface area contributed by atoms with E-state index in [1.54, 1.807) is 6.07 Å². The Morgan fingerprint density at radius 3 is 2.69 bits per heavy atom. The van der Waals surface area contributed by atoms with Crippen LogP contribution in [0.15, 0.2) is 57.7 Å². The lowest BCUT2D eigenvalue weighted by Crippen LogP contribution is -2.23. The van der Waals surface area contributed by atoms with E-state index in [-0.39, 0.29) is 11.3 Å². The van der Waals surface area contributed by atoms with Gasteiger partial charge in [0.1, 0.15) is 22.6 Å². The number of anilines is 1. The molecule has 4 aromatic rings. The first-order valence-corrected chi connectivity index (χ1v) is 7.92. The normalized spacial score (nSPS) is 11.0. The smallest absolute Gasteiger partial charge is 0.276 e. The molecule has 7 nitrogen and oxygen atoms in total. The van der Waals surface area contributed by atoms with Crippen molar-refractivity contribution in [2.45, 2.75) is 0 Å². The maximum atomic E-state index is 12.5. The van der Waals surface area contributed by atoms with Crippen LogP contribution in [0.1, 0.15) is 10.5 Å². The Morgan fingerprint density at radius 2 is 1.92 bits per heavy atom. The minimum Gasteiger partial charge on any atom is -0.495 e. The first kappa shape index (κ1) is 15.9. The molecular weight excluding hydrogens is 334 g/mol. The molecule has 0 spiro atoms. The molecule has 0 saturated heterocycles. The first-order chi connectivity index (χ1) is 12.6. The Morgan fingerprint density at radius 1 is 1.12 bits per heavy atom. The summed E-state index contributed by atoms with van der Waals surface area (Å²) < 4.78 is 12.4.